The van der Waals surface area contributed by atoms with E-state index in [1.807, 2.05) is 115 Å². The van der Waals surface area contributed by atoms with Gasteiger partial charge in [-0.25, -0.2) is 4.98 Å². The number of benzene rings is 4. The topological polar surface area (TPSA) is 133 Å². The first kappa shape index (κ1) is 29.4. The van der Waals surface area contributed by atoms with Crippen LogP contribution in [0.2, 0.25) is 0 Å². The molecular weight excluding hydrogens is 586 g/mol. The van der Waals surface area contributed by atoms with Crippen LogP contribution < -0.4 is 21.3 Å². The molecule has 0 fully saturated rings. The van der Waals surface area contributed by atoms with Crippen molar-refractivity contribution in [2.24, 2.45) is 0 Å². The van der Waals surface area contributed by atoms with Crippen LogP contribution in [0.15, 0.2) is 121 Å². The van der Waals surface area contributed by atoms with Gasteiger partial charge in [-0.15, -0.1) is 0 Å². The Bertz CT molecular complexity index is 2060. The molecule has 0 unspecified atom stereocenters. The van der Waals surface area contributed by atoms with Crippen LogP contribution >= 0.6 is 0 Å². The number of pyridine rings is 1. The number of carbonyl (C=O) groups excluding carboxylic acids is 1. The predicted molar refractivity (Wildman–Crippen MR) is 187 cm³/mol. The normalized spacial score (nSPS) is 11.0. The van der Waals surface area contributed by atoms with E-state index in [1.165, 1.54) is 0 Å². The van der Waals surface area contributed by atoms with E-state index < -0.39 is 0 Å². The largest absolute Gasteiger partial charge is 0.353 e. The number of nitrogens with zero attached hydrogens (tertiary/aromatic N) is 4. The molecule has 0 aliphatic carbocycles. The molecule has 1 amide bonds. The molecule has 0 atom stereocenters. The highest BCUT2D eigenvalue weighted by Crippen LogP contribution is 2.32. The quantitative estimate of drug-likeness (QED) is 0.0963. The molecule has 0 aliphatic heterocycles. The van der Waals surface area contributed by atoms with Crippen molar-refractivity contribution in [3.05, 3.63) is 138 Å². The highest BCUT2D eigenvalue weighted by atomic mass is 16.1. The van der Waals surface area contributed by atoms with E-state index in [9.17, 15) is 4.79 Å². The third-order valence-electron chi connectivity index (χ3n) is 7.69. The Morgan fingerprint density at radius 3 is 1.77 bits per heavy atom. The predicted octanol–water partition coefficient (Wildman–Crippen LogP) is 6.63. The van der Waals surface area contributed by atoms with E-state index in [1.54, 1.807) is 0 Å². The van der Waals surface area contributed by atoms with Crippen LogP contribution in [0, 0.1) is 0 Å². The van der Waals surface area contributed by atoms with Gasteiger partial charge in [0, 0.05) is 48.0 Å². The van der Waals surface area contributed by atoms with Gasteiger partial charge in [0.25, 0.3) is 5.91 Å². The molecule has 10 heteroatoms. The number of hydrogen-bond donors (Lipinski definition) is 5. The van der Waals surface area contributed by atoms with Crippen molar-refractivity contribution in [2.75, 3.05) is 29.0 Å². The van der Waals surface area contributed by atoms with Gasteiger partial charge >= 0.3 is 0 Å². The van der Waals surface area contributed by atoms with Crippen LogP contribution in [0.1, 0.15) is 21.6 Å². The van der Waals surface area contributed by atoms with Crippen molar-refractivity contribution in [3.63, 3.8) is 0 Å². The monoisotopic (exact) mass is 619 g/mol. The second-order valence-electron chi connectivity index (χ2n) is 11.0. The summed E-state index contributed by atoms with van der Waals surface area (Å²) in [5, 5.41) is 14.8. The maximum Gasteiger partial charge on any atom is 0.269 e. The summed E-state index contributed by atoms with van der Waals surface area (Å²) in [5.74, 6) is 1.01. The molecule has 7 aromatic rings. The number of fused-ring (bicyclic) bond motifs is 3. The van der Waals surface area contributed by atoms with Crippen molar-refractivity contribution < 1.29 is 4.79 Å². The summed E-state index contributed by atoms with van der Waals surface area (Å²) in [4.78, 5) is 35.4. The second-order valence-corrected chi connectivity index (χ2v) is 11.0. The van der Waals surface area contributed by atoms with E-state index in [-0.39, 0.29) is 5.91 Å². The summed E-state index contributed by atoms with van der Waals surface area (Å²) in [6.45, 7) is 1.86. The van der Waals surface area contributed by atoms with E-state index >= 15 is 0 Å². The Morgan fingerprint density at radius 2 is 1.13 bits per heavy atom. The fourth-order valence-corrected chi connectivity index (χ4v) is 5.37. The zero-order valence-electron chi connectivity index (χ0n) is 25.6. The molecule has 0 saturated carbocycles. The molecular formula is C37H33N9O. The number of aromatic amines is 1. The number of para-hydroxylation sites is 1. The molecule has 0 radical (unpaired) electrons. The third-order valence-corrected chi connectivity index (χ3v) is 7.69. The average Bonchev–Trinajstić information content (AvgIpc) is 3.51. The number of aromatic nitrogens is 5. The van der Waals surface area contributed by atoms with Crippen LogP contribution in [0.25, 0.3) is 33.1 Å². The van der Waals surface area contributed by atoms with Crippen molar-refractivity contribution in [1.82, 2.24) is 30.2 Å². The van der Waals surface area contributed by atoms with E-state index in [2.05, 4.69) is 47.3 Å². The van der Waals surface area contributed by atoms with Gasteiger partial charge in [0.2, 0.25) is 17.8 Å². The summed E-state index contributed by atoms with van der Waals surface area (Å²) in [6, 6.07) is 39.9. The molecule has 10 nitrogen and oxygen atoms in total. The minimum absolute atomic E-state index is 0.262. The number of amides is 1. The van der Waals surface area contributed by atoms with Gasteiger partial charge in [0.15, 0.2) is 0 Å². The van der Waals surface area contributed by atoms with Crippen molar-refractivity contribution in [3.8, 4) is 11.3 Å². The van der Waals surface area contributed by atoms with Crippen LogP contribution in [-0.4, -0.2) is 43.9 Å². The average molecular weight is 620 g/mol. The molecule has 0 bridgehead atoms. The molecule has 0 saturated heterocycles. The molecule has 3 aromatic heterocycles. The Hall–Kier alpha value is -6.29. The lowest BCUT2D eigenvalue weighted by Crippen LogP contribution is -2.30. The first-order valence-corrected chi connectivity index (χ1v) is 15.5. The van der Waals surface area contributed by atoms with E-state index in [0.717, 1.165) is 44.2 Å². The lowest BCUT2D eigenvalue weighted by molar-refractivity contribution is 0.0950. The van der Waals surface area contributed by atoms with Gasteiger partial charge in [-0.05, 0) is 23.3 Å². The molecule has 3 heterocycles. The Labute approximate surface area is 271 Å². The Morgan fingerprint density at radius 1 is 0.574 bits per heavy atom. The molecule has 7 rings (SSSR count). The van der Waals surface area contributed by atoms with Gasteiger partial charge in [0.1, 0.15) is 5.69 Å². The summed E-state index contributed by atoms with van der Waals surface area (Å²) < 4.78 is 0. The van der Waals surface area contributed by atoms with Gasteiger partial charge in [-0.2, -0.15) is 15.0 Å². The molecule has 4 aromatic carbocycles. The standard InChI is InChI=1S/C37H33N9O/c47-34(31-22-29-28-18-10-11-19-30(28)42-33(29)32(43-31)27-16-8-3-9-17-27)38-20-21-39-35-44-36(40-23-25-12-4-1-5-13-25)46-37(45-35)41-24-26-14-6-2-7-15-26/h1-19,22,42H,20-21,23-24H2,(H,38,47)(H3,39,40,41,44,45,46). The van der Waals surface area contributed by atoms with Gasteiger partial charge in [-0.1, -0.05) is 109 Å². The van der Waals surface area contributed by atoms with Crippen LogP contribution in [0.4, 0.5) is 17.8 Å². The fourth-order valence-electron chi connectivity index (χ4n) is 5.37. The zero-order valence-corrected chi connectivity index (χ0v) is 25.6. The first-order chi connectivity index (χ1) is 23.2. The second kappa shape index (κ2) is 13.8. The fraction of sp³-hybridized carbons (Fsp3) is 0.108. The number of rotatable bonds is 12. The number of carbonyl (C=O) groups is 1. The summed E-state index contributed by atoms with van der Waals surface area (Å²) in [6.07, 6.45) is 0. The molecule has 5 N–H and O–H groups in total. The van der Waals surface area contributed by atoms with Crippen molar-refractivity contribution in [1.29, 1.82) is 0 Å². The number of H-pyrrole nitrogens is 1. The maximum absolute atomic E-state index is 13.4. The smallest absolute Gasteiger partial charge is 0.269 e. The summed E-state index contributed by atoms with van der Waals surface area (Å²) >= 11 is 0. The minimum atomic E-state index is -0.262. The number of hydrogen-bond acceptors (Lipinski definition) is 8. The minimum Gasteiger partial charge on any atom is -0.353 e. The van der Waals surface area contributed by atoms with Crippen LogP contribution in [0.5, 0.6) is 0 Å². The van der Waals surface area contributed by atoms with E-state index in [4.69, 9.17) is 4.98 Å². The van der Waals surface area contributed by atoms with Crippen molar-refractivity contribution in [2.45, 2.75) is 13.1 Å². The van der Waals surface area contributed by atoms with Gasteiger partial charge in [0.05, 0.1) is 11.2 Å². The lowest BCUT2D eigenvalue weighted by Gasteiger charge is -2.12. The number of nitrogens with one attached hydrogen (secondary N) is 5. The Kier molecular flexibility index (Phi) is 8.63. The van der Waals surface area contributed by atoms with Crippen molar-refractivity contribution >= 4 is 45.6 Å². The maximum atomic E-state index is 13.4. The van der Waals surface area contributed by atoms with Crippen LogP contribution in [0.3, 0.4) is 0 Å². The Balaban J connectivity index is 1.05. The molecule has 0 aliphatic rings. The van der Waals surface area contributed by atoms with Gasteiger partial charge in [-0.3, -0.25) is 4.79 Å². The molecule has 0 spiro atoms. The SMILES string of the molecule is O=C(NCCNc1nc(NCc2ccccc2)nc(NCc2ccccc2)n1)c1cc2c([nH]c3ccccc32)c(-c2ccccc2)n1. The highest BCUT2D eigenvalue weighted by molar-refractivity contribution is 6.13. The summed E-state index contributed by atoms with van der Waals surface area (Å²) in [5.41, 5.74) is 6.13. The first-order valence-electron chi connectivity index (χ1n) is 15.5. The molecule has 232 valence electrons. The zero-order chi connectivity index (χ0) is 31.8. The third kappa shape index (κ3) is 7.02. The highest BCUT2D eigenvalue weighted by Gasteiger charge is 2.17. The van der Waals surface area contributed by atoms with Crippen LogP contribution in [-0.2, 0) is 13.1 Å². The lowest BCUT2D eigenvalue weighted by atomic mass is 10.1. The summed E-state index contributed by atoms with van der Waals surface area (Å²) in [7, 11) is 0. The number of anilines is 3. The van der Waals surface area contributed by atoms with E-state index in [0.29, 0.717) is 49.7 Å². The van der Waals surface area contributed by atoms with Gasteiger partial charge < -0.3 is 26.3 Å². The molecule has 47 heavy (non-hydrogen) atoms.